The molecule has 2 rings (SSSR count). The molecule has 0 aromatic heterocycles. The maximum Gasteiger partial charge on any atom is 0.426 e. The molecule has 0 bridgehead atoms. The van der Waals surface area contributed by atoms with Gasteiger partial charge in [0, 0.05) is 11.4 Å². The number of rotatable bonds is 4. The first-order valence-corrected chi connectivity index (χ1v) is 6.99. The van der Waals surface area contributed by atoms with Crippen LogP contribution in [0.4, 0.5) is 18.9 Å². The second kappa shape index (κ2) is 6.75. The summed E-state index contributed by atoms with van der Waals surface area (Å²) < 4.78 is 38.1. The zero-order valence-corrected chi connectivity index (χ0v) is 12.6. The fraction of sp³-hybridized carbons (Fsp3) is 0.118. The van der Waals surface area contributed by atoms with Crippen molar-refractivity contribution < 1.29 is 13.2 Å². The molecule has 114 valence electrons. The van der Waals surface area contributed by atoms with E-state index in [1.54, 1.807) is 30.3 Å². The highest BCUT2D eigenvalue weighted by molar-refractivity contribution is 7.81. The van der Waals surface area contributed by atoms with Crippen LogP contribution in [0.3, 0.4) is 0 Å². The highest BCUT2D eigenvalue weighted by atomic mass is 32.1. The van der Waals surface area contributed by atoms with Gasteiger partial charge in [0.2, 0.25) is 0 Å². The van der Waals surface area contributed by atoms with Gasteiger partial charge in [-0.05, 0) is 30.7 Å². The third kappa shape index (κ3) is 4.43. The van der Waals surface area contributed by atoms with Crippen molar-refractivity contribution in [1.82, 2.24) is 0 Å². The van der Waals surface area contributed by atoms with Crippen molar-refractivity contribution in [1.29, 1.82) is 0 Å². The second-order valence-corrected chi connectivity index (χ2v) is 5.22. The van der Waals surface area contributed by atoms with Gasteiger partial charge in [-0.1, -0.05) is 60.2 Å². The molecule has 2 aromatic carbocycles. The van der Waals surface area contributed by atoms with Gasteiger partial charge in [0.15, 0.2) is 0 Å². The molecule has 0 atom stereocenters. The van der Waals surface area contributed by atoms with Crippen LogP contribution in [0, 0.1) is 6.92 Å². The molecule has 0 radical (unpaired) electrons. The predicted molar refractivity (Wildman–Crippen MR) is 87.9 cm³/mol. The minimum atomic E-state index is -4.52. The van der Waals surface area contributed by atoms with Crippen molar-refractivity contribution in [2.45, 2.75) is 13.1 Å². The molecule has 5 heteroatoms. The van der Waals surface area contributed by atoms with Crippen LogP contribution in [-0.2, 0) is 0 Å². The van der Waals surface area contributed by atoms with E-state index in [1.807, 2.05) is 31.2 Å². The Morgan fingerprint density at radius 3 is 2.14 bits per heavy atom. The van der Waals surface area contributed by atoms with Crippen LogP contribution in [0.1, 0.15) is 11.1 Å². The van der Waals surface area contributed by atoms with Crippen LogP contribution in [0.25, 0.3) is 5.70 Å². The largest absolute Gasteiger partial charge is 0.426 e. The van der Waals surface area contributed by atoms with Crippen molar-refractivity contribution >= 4 is 28.5 Å². The summed E-state index contributed by atoms with van der Waals surface area (Å²) in [6.45, 7) is 1.94. The summed E-state index contributed by atoms with van der Waals surface area (Å²) in [6, 6.07) is 16.2. The third-order valence-corrected chi connectivity index (χ3v) is 3.32. The van der Waals surface area contributed by atoms with Gasteiger partial charge in [-0.15, -0.1) is 0 Å². The molecule has 2 aromatic rings. The summed E-state index contributed by atoms with van der Waals surface area (Å²) in [5.41, 5.74) is 2.72. The fourth-order valence-corrected chi connectivity index (χ4v) is 1.93. The molecule has 22 heavy (non-hydrogen) atoms. The van der Waals surface area contributed by atoms with E-state index >= 15 is 0 Å². The van der Waals surface area contributed by atoms with E-state index in [0.29, 0.717) is 16.9 Å². The molecule has 0 spiro atoms. The number of thiocarbonyl (C=S) groups is 1. The quantitative estimate of drug-likeness (QED) is 0.599. The molecule has 0 heterocycles. The predicted octanol–water partition coefficient (Wildman–Crippen LogP) is 5.38. The molecule has 0 saturated carbocycles. The average Bonchev–Trinajstić information content (AvgIpc) is 2.48. The molecule has 1 N–H and O–H groups in total. The first-order valence-electron chi connectivity index (χ1n) is 6.58. The minimum absolute atomic E-state index is 0.312. The molecule has 0 aliphatic rings. The highest BCUT2D eigenvalue weighted by Crippen LogP contribution is 2.24. The van der Waals surface area contributed by atoms with Crippen LogP contribution in [-0.4, -0.2) is 11.0 Å². The summed E-state index contributed by atoms with van der Waals surface area (Å²) in [5.74, 6) is 0. The van der Waals surface area contributed by atoms with Gasteiger partial charge in [0.25, 0.3) is 0 Å². The van der Waals surface area contributed by atoms with E-state index in [-0.39, 0.29) is 0 Å². The van der Waals surface area contributed by atoms with Gasteiger partial charge in [0.05, 0.1) is 0 Å². The monoisotopic (exact) mass is 321 g/mol. The number of halogens is 3. The smallest absolute Gasteiger partial charge is 0.355 e. The Morgan fingerprint density at radius 1 is 1.00 bits per heavy atom. The van der Waals surface area contributed by atoms with E-state index < -0.39 is 11.0 Å². The fourth-order valence-electron chi connectivity index (χ4n) is 1.81. The van der Waals surface area contributed by atoms with E-state index in [9.17, 15) is 13.2 Å². The molecule has 0 aliphatic carbocycles. The lowest BCUT2D eigenvalue weighted by Gasteiger charge is -2.13. The van der Waals surface area contributed by atoms with Crippen LogP contribution < -0.4 is 5.32 Å². The SMILES string of the molecule is Cc1ccc(N/C(=C/C(=S)C(F)(F)F)c2ccccc2)cc1. The molecule has 0 amide bonds. The van der Waals surface area contributed by atoms with Gasteiger partial charge in [-0.3, -0.25) is 0 Å². The number of allylic oxidation sites excluding steroid dienone is 1. The van der Waals surface area contributed by atoms with Crippen molar-refractivity contribution in [2.24, 2.45) is 0 Å². The van der Waals surface area contributed by atoms with Crippen LogP contribution in [0.2, 0.25) is 0 Å². The molecule has 0 unspecified atom stereocenters. The van der Waals surface area contributed by atoms with Gasteiger partial charge in [0.1, 0.15) is 4.86 Å². The van der Waals surface area contributed by atoms with E-state index in [2.05, 4.69) is 17.5 Å². The Bertz CT molecular complexity index is 673. The van der Waals surface area contributed by atoms with Crippen LogP contribution in [0.5, 0.6) is 0 Å². The zero-order valence-electron chi connectivity index (χ0n) is 11.8. The summed E-state index contributed by atoms with van der Waals surface area (Å²) in [6.07, 6.45) is -3.57. The Labute approximate surface area is 132 Å². The number of benzene rings is 2. The molecule has 0 aliphatic heterocycles. The van der Waals surface area contributed by atoms with Gasteiger partial charge in [-0.2, -0.15) is 13.2 Å². The van der Waals surface area contributed by atoms with Crippen molar-refractivity contribution in [3.05, 3.63) is 71.8 Å². The van der Waals surface area contributed by atoms with E-state index in [4.69, 9.17) is 0 Å². The molecule has 0 fully saturated rings. The van der Waals surface area contributed by atoms with Gasteiger partial charge < -0.3 is 5.32 Å². The Kier molecular flexibility index (Phi) is 4.98. The van der Waals surface area contributed by atoms with Crippen molar-refractivity contribution in [2.75, 3.05) is 5.32 Å². The summed E-state index contributed by atoms with van der Waals surface area (Å²) >= 11 is 4.46. The second-order valence-electron chi connectivity index (χ2n) is 4.78. The summed E-state index contributed by atoms with van der Waals surface area (Å²) in [4.78, 5) is -1.06. The third-order valence-electron chi connectivity index (χ3n) is 2.97. The lowest BCUT2D eigenvalue weighted by atomic mass is 10.1. The average molecular weight is 321 g/mol. The Balaban J connectivity index is 2.36. The Hall–Kier alpha value is -2.14. The maximum absolute atomic E-state index is 12.7. The lowest BCUT2D eigenvalue weighted by molar-refractivity contribution is -0.0552. The number of aryl methyl sites for hydroxylation is 1. The van der Waals surface area contributed by atoms with E-state index in [1.165, 1.54) is 0 Å². The molecule has 1 nitrogen and oxygen atoms in total. The summed E-state index contributed by atoms with van der Waals surface area (Å²) in [5, 5.41) is 3.00. The van der Waals surface area contributed by atoms with Crippen LogP contribution >= 0.6 is 12.2 Å². The van der Waals surface area contributed by atoms with Crippen molar-refractivity contribution in [3.8, 4) is 0 Å². The number of hydrogen-bond donors (Lipinski definition) is 1. The molecule has 0 saturated heterocycles. The Morgan fingerprint density at radius 2 is 1.59 bits per heavy atom. The first kappa shape index (κ1) is 16.2. The summed E-state index contributed by atoms with van der Waals surface area (Å²) in [7, 11) is 0. The molecular weight excluding hydrogens is 307 g/mol. The van der Waals surface area contributed by atoms with E-state index in [0.717, 1.165) is 11.6 Å². The first-order chi connectivity index (χ1) is 10.4. The number of nitrogens with one attached hydrogen (secondary N) is 1. The minimum Gasteiger partial charge on any atom is -0.355 e. The van der Waals surface area contributed by atoms with Crippen LogP contribution in [0.15, 0.2) is 60.7 Å². The normalized spacial score (nSPS) is 12.1. The number of hydrogen-bond acceptors (Lipinski definition) is 2. The van der Waals surface area contributed by atoms with Gasteiger partial charge in [-0.25, -0.2) is 0 Å². The number of anilines is 1. The van der Waals surface area contributed by atoms with Crippen molar-refractivity contribution in [3.63, 3.8) is 0 Å². The maximum atomic E-state index is 12.7. The standard InChI is InChI=1S/C17H14F3NS/c1-12-7-9-14(10-8-12)21-15(11-16(22)17(18,19)20)13-5-3-2-4-6-13/h2-11,21H,1H3/b15-11+. The zero-order chi connectivity index (χ0) is 16.2. The van der Waals surface area contributed by atoms with Gasteiger partial charge >= 0.3 is 6.18 Å². The topological polar surface area (TPSA) is 12.0 Å². The number of alkyl halides is 3. The highest BCUT2D eigenvalue weighted by Gasteiger charge is 2.32. The lowest BCUT2D eigenvalue weighted by Crippen LogP contribution is -2.19. The molecular formula is C17H14F3NS.